The van der Waals surface area contributed by atoms with Gasteiger partial charge in [-0.25, -0.2) is 0 Å². The standard InChI is InChI=1S/C11H11NO3/c1-7-9(6-11(13)14)8-4-2-3-5-10(8)12(7)15/h2-5,15H,6H2,1H3,(H,13,14). The molecule has 1 aromatic heterocycles. The van der Waals surface area contributed by atoms with Gasteiger partial charge < -0.3 is 10.3 Å². The van der Waals surface area contributed by atoms with E-state index in [0.29, 0.717) is 16.8 Å². The molecule has 0 fully saturated rings. The van der Waals surface area contributed by atoms with Crippen molar-refractivity contribution in [2.75, 3.05) is 0 Å². The van der Waals surface area contributed by atoms with Gasteiger partial charge in [0, 0.05) is 5.39 Å². The van der Waals surface area contributed by atoms with Gasteiger partial charge in [-0.3, -0.25) is 4.79 Å². The lowest BCUT2D eigenvalue weighted by Gasteiger charge is -1.97. The van der Waals surface area contributed by atoms with E-state index < -0.39 is 5.97 Å². The lowest BCUT2D eigenvalue weighted by molar-refractivity contribution is -0.136. The van der Waals surface area contributed by atoms with Crippen LogP contribution in [0, 0.1) is 6.92 Å². The molecule has 0 spiro atoms. The van der Waals surface area contributed by atoms with Crippen LogP contribution in [0.15, 0.2) is 24.3 Å². The number of rotatable bonds is 2. The van der Waals surface area contributed by atoms with Crippen molar-refractivity contribution in [3.63, 3.8) is 0 Å². The van der Waals surface area contributed by atoms with Gasteiger partial charge in [0.25, 0.3) is 0 Å². The fourth-order valence-electron chi connectivity index (χ4n) is 1.79. The number of carboxylic acid groups (broad SMARTS) is 1. The Bertz CT molecular complexity index is 528. The first-order valence-electron chi connectivity index (χ1n) is 4.61. The van der Waals surface area contributed by atoms with E-state index in [1.165, 1.54) is 0 Å². The lowest BCUT2D eigenvalue weighted by Crippen LogP contribution is -2.02. The van der Waals surface area contributed by atoms with Crippen molar-refractivity contribution in [1.29, 1.82) is 0 Å². The Morgan fingerprint density at radius 2 is 2.07 bits per heavy atom. The highest BCUT2D eigenvalue weighted by molar-refractivity contribution is 5.88. The highest BCUT2D eigenvalue weighted by Gasteiger charge is 2.15. The predicted molar refractivity (Wildman–Crippen MR) is 55.2 cm³/mol. The number of carboxylic acids is 1. The summed E-state index contributed by atoms with van der Waals surface area (Å²) in [5, 5.41) is 19.3. The molecule has 15 heavy (non-hydrogen) atoms. The molecule has 0 saturated heterocycles. The maximum absolute atomic E-state index is 10.7. The summed E-state index contributed by atoms with van der Waals surface area (Å²) >= 11 is 0. The molecular weight excluding hydrogens is 194 g/mol. The predicted octanol–water partition coefficient (Wildman–Crippen LogP) is 1.81. The number of aliphatic carboxylic acids is 1. The molecule has 0 aliphatic rings. The normalized spacial score (nSPS) is 10.7. The summed E-state index contributed by atoms with van der Waals surface area (Å²) < 4.78 is 1.04. The summed E-state index contributed by atoms with van der Waals surface area (Å²) in [7, 11) is 0. The van der Waals surface area contributed by atoms with Crippen molar-refractivity contribution >= 4 is 16.9 Å². The van der Waals surface area contributed by atoms with Crippen LogP contribution >= 0.6 is 0 Å². The minimum absolute atomic E-state index is 0.0695. The number of benzene rings is 1. The van der Waals surface area contributed by atoms with E-state index in [4.69, 9.17) is 5.11 Å². The van der Waals surface area contributed by atoms with Gasteiger partial charge in [-0.1, -0.05) is 18.2 Å². The molecule has 0 radical (unpaired) electrons. The Morgan fingerprint density at radius 3 is 2.73 bits per heavy atom. The molecule has 0 saturated carbocycles. The second-order valence-electron chi connectivity index (χ2n) is 3.46. The molecule has 2 rings (SSSR count). The van der Waals surface area contributed by atoms with Crippen LogP contribution < -0.4 is 0 Å². The van der Waals surface area contributed by atoms with Gasteiger partial charge in [-0.15, -0.1) is 0 Å². The van der Waals surface area contributed by atoms with Crippen LogP contribution in [0.1, 0.15) is 11.3 Å². The highest BCUT2D eigenvalue weighted by Crippen LogP contribution is 2.24. The Balaban J connectivity index is 2.72. The van der Waals surface area contributed by atoms with Crippen LogP contribution in [-0.2, 0) is 11.2 Å². The van der Waals surface area contributed by atoms with Crippen LogP contribution in [0.25, 0.3) is 10.9 Å². The molecule has 0 unspecified atom stereocenters. The zero-order valence-electron chi connectivity index (χ0n) is 8.27. The first-order chi connectivity index (χ1) is 7.11. The zero-order valence-corrected chi connectivity index (χ0v) is 8.27. The summed E-state index contributed by atoms with van der Waals surface area (Å²) in [5.41, 5.74) is 1.89. The summed E-state index contributed by atoms with van der Waals surface area (Å²) in [6.45, 7) is 1.71. The van der Waals surface area contributed by atoms with Gasteiger partial charge in [0.05, 0.1) is 17.6 Å². The third-order valence-corrected chi connectivity index (χ3v) is 2.54. The second kappa shape index (κ2) is 3.31. The van der Waals surface area contributed by atoms with Gasteiger partial charge in [-0.05, 0) is 18.6 Å². The number of hydrogen-bond donors (Lipinski definition) is 2. The number of nitrogens with zero attached hydrogens (tertiary/aromatic N) is 1. The SMILES string of the molecule is Cc1c(CC(=O)O)c2ccccc2n1O. The molecular formula is C11H11NO3. The van der Waals surface area contributed by atoms with Crippen molar-refractivity contribution in [3.05, 3.63) is 35.5 Å². The van der Waals surface area contributed by atoms with E-state index in [0.717, 1.165) is 10.1 Å². The van der Waals surface area contributed by atoms with E-state index in [2.05, 4.69) is 0 Å². The van der Waals surface area contributed by atoms with Crippen molar-refractivity contribution in [2.24, 2.45) is 0 Å². The van der Waals surface area contributed by atoms with E-state index in [1.54, 1.807) is 19.1 Å². The Morgan fingerprint density at radius 1 is 1.40 bits per heavy atom. The molecule has 4 heteroatoms. The molecule has 2 N–H and O–H groups in total. The lowest BCUT2D eigenvalue weighted by atomic mass is 10.1. The summed E-state index contributed by atoms with van der Waals surface area (Å²) in [4.78, 5) is 10.7. The molecule has 0 aliphatic heterocycles. The molecule has 1 aromatic carbocycles. The summed E-state index contributed by atoms with van der Waals surface area (Å²) in [5.74, 6) is -0.894. The van der Waals surface area contributed by atoms with Gasteiger partial charge in [-0.2, -0.15) is 4.73 Å². The first kappa shape index (κ1) is 9.58. The molecule has 1 heterocycles. The van der Waals surface area contributed by atoms with Crippen molar-refractivity contribution in [3.8, 4) is 0 Å². The first-order valence-corrected chi connectivity index (χ1v) is 4.61. The summed E-state index contributed by atoms with van der Waals surface area (Å²) in [6, 6.07) is 7.20. The van der Waals surface area contributed by atoms with Crippen molar-refractivity contribution < 1.29 is 15.1 Å². The molecule has 0 aliphatic carbocycles. The van der Waals surface area contributed by atoms with Gasteiger partial charge in [0.2, 0.25) is 0 Å². The average Bonchev–Trinajstić information content (AvgIpc) is 2.44. The number of para-hydroxylation sites is 1. The number of fused-ring (bicyclic) bond motifs is 1. The molecule has 0 atom stereocenters. The maximum atomic E-state index is 10.7. The van der Waals surface area contributed by atoms with E-state index in [-0.39, 0.29) is 6.42 Å². The minimum atomic E-state index is -0.894. The molecule has 2 aromatic rings. The van der Waals surface area contributed by atoms with Crippen molar-refractivity contribution in [2.45, 2.75) is 13.3 Å². The van der Waals surface area contributed by atoms with Crippen LogP contribution in [0.4, 0.5) is 0 Å². The number of hydrogen-bond acceptors (Lipinski definition) is 2. The quantitative estimate of drug-likeness (QED) is 0.735. The fraction of sp³-hybridized carbons (Fsp3) is 0.182. The minimum Gasteiger partial charge on any atom is -0.481 e. The smallest absolute Gasteiger partial charge is 0.307 e. The number of aromatic nitrogens is 1. The van der Waals surface area contributed by atoms with E-state index in [9.17, 15) is 10.0 Å². The van der Waals surface area contributed by atoms with Crippen LogP contribution in [0.2, 0.25) is 0 Å². The monoisotopic (exact) mass is 205 g/mol. The Hall–Kier alpha value is -1.97. The van der Waals surface area contributed by atoms with Crippen LogP contribution in [0.3, 0.4) is 0 Å². The molecule has 4 nitrogen and oxygen atoms in total. The zero-order chi connectivity index (χ0) is 11.0. The largest absolute Gasteiger partial charge is 0.481 e. The molecule has 0 bridgehead atoms. The second-order valence-corrected chi connectivity index (χ2v) is 3.46. The van der Waals surface area contributed by atoms with Gasteiger partial charge in [0.1, 0.15) is 0 Å². The summed E-state index contributed by atoms with van der Waals surface area (Å²) in [6.07, 6.45) is -0.0695. The Labute approximate surface area is 86.3 Å². The van der Waals surface area contributed by atoms with Gasteiger partial charge in [0.15, 0.2) is 0 Å². The van der Waals surface area contributed by atoms with Crippen LogP contribution in [-0.4, -0.2) is 21.0 Å². The van der Waals surface area contributed by atoms with Crippen molar-refractivity contribution in [1.82, 2.24) is 4.73 Å². The third-order valence-electron chi connectivity index (χ3n) is 2.54. The number of carbonyl (C=O) groups is 1. The topological polar surface area (TPSA) is 62.5 Å². The van der Waals surface area contributed by atoms with E-state index in [1.807, 2.05) is 12.1 Å². The fourth-order valence-corrected chi connectivity index (χ4v) is 1.79. The van der Waals surface area contributed by atoms with Gasteiger partial charge >= 0.3 is 5.97 Å². The molecule has 0 amide bonds. The third kappa shape index (κ3) is 1.44. The maximum Gasteiger partial charge on any atom is 0.307 e. The van der Waals surface area contributed by atoms with E-state index >= 15 is 0 Å². The molecule has 78 valence electrons. The van der Waals surface area contributed by atoms with Crippen LogP contribution in [0.5, 0.6) is 0 Å². The average molecular weight is 205 g/mol. The highest BCUT2D eigenvalue weighted by atomic mass is 16.5. The Kier molecular flexibility index (Phi) is 2.11.